The van der Waals surface area contributed by atoms with Crippen LogP contribution in [0.15, 0.2) is 0 Å². The molecule has 1 rings (SSSR count). The van der Waals surface area contributed by atoms with Crippen molar-refractivity contribution in [3.63, 3.8) is 0 Å². The highest BCUT2D eigenvalue weighted by atomic mass is 16.4. The van der Waals surface area contributed by atoms with Gasteiger partial charge in [-0.2, -0.15) is 0 Å². The lowest BCUT2D eigenvalue weighted by atomic mass is 9.76. The zero-order valence-corrected chi connectivity index (χ0v) is 11.5. The third-order valence-electron chi connectivity index (χ3n) is 3.81. The lowest BCUT2D eigenvalue weighted by Crippen LogP contribution is -2.57. The average Bonchev–Trinajstić information content (AvgIpc) is 2.26. The quantitative estimate of drug-likeness (QED) is 0.788. The van der Waals surface area contributed by atoms with E-state index in [0.29, 0.717) is 19.5 Å². The molecule has 2 atom stereocenters. The Balaban J connectivity index is 2.91. The Morgan fingerprint density at radius 3 is 2.61 bits per heavy atom. The molecule has 0 saturated carbocycles. The van der Waals surface area contributed by atoms with Crippen molar-refractivity contribution in [1.82, 2.24) is 4.90 Å². The van der Waals surface area contributed by atoms with Crippen molar-refractivity contribution in [2.45, 2.75) is 46.1 Å². The van der Waals surface area contributed by atoms with Gasteiger partial charge in [0.1, 0.15) is 6.04 Å². The highest BCUT2D eigenvalue weighted by Gasteiger charge is 2.45. The second-order valence-electron chi connectivity index (χ2n) is 5.84. The molecule has 0 spiro atoms. The number of likely N-dealkylation sites (tertiary alicyclic amines) is 1. The van der Waals surface area contributed by atoms with Gasteiger partial charge in [-0.25, -0.2) is 4.79 Å². The number of hydrogen-bond acceptors (Lipinski definition) is 3. The standard InChI is InChI=1S/C13H24N2O3/c1-9(5-7-14)11(16)15-8-4-6-13(2,3)10(15)12(17)18/h9-10H,4-8,14H2,1-3H3,(H,17,18). The first-order valence-corrected chi connectivity index (χ1v) is 6.54. The van der Waals surface area contributed by atoms with Crippen LogP contribution >= 0.6 is 0 Å². The van der Waals surface area contributed by atoms with E-state index in [1.807, 2.05) is 20.8 Å². The Labute approximate surface area is 108 Å². The summed E-state index contributed by atoms with van der Waals surface area (Å²) in [6.07, 6.45) is 2.29. The molecule has 1 aliphatic rings. The minimum absolute atomic E-state index is 0.0828. The zero-order chi connectivity index (χ0) is 13.9. The normalized spacial score (nSPS) is 24.7. The van der Waals surface area contributed by atoms with Crippen molar-refractivity contribution in [1.29, 1.82) is 0 Å². The molecule has 1 amide bonds. The van der Waals surface area contributed by atoms with Crippen LogP contribution in [0.1, 0.15) is 40.0 Å². The maximum absolute atomic E-state index is 12.3. The molecule has 0 aromatic rings. The molecule has 0 bridgehead atoms. The van der Waals surface area contributed by atoms with E-state index < -0.39 is 12.0 Å². The Hall–Kier alpha value is -1.10. The lowest BCUT2D eigenvalue weighted by molar-refractivity contribution is -0.160. The molecule has 0 aliphatic carbocycles. The fourth-order valence-corrected chi connectivity index (χ4v) is 2.75. The van der Waals surface area contributed by atoms with Gasteiger partial charge in [0.25, 0.3) is 0 Å². The van der Waals surface area contributed by atoms with Crippen LogP contribution < -0.4 is 5.73 Å². The van der Waals surface area contributed by atoms with E-state index in [0.717, 1.165) is 12.8 Å². The Bertz CT molecular complexity index is 328. The molecule has 5 heteroatoms. The molecule has 18 heavy (non-hydrogen) atoms. The first-order valence-electron chi connectivity index (χ1n) is 6.54. The molecule has 104 valence electrons. The number of aliphatic carboxylic acids is 1. The number of carboxylic acid groups (broad SMARTS) is 1. The monoisotopic (exact) mass is 256 g/mol. The topological polar surface area (TPSA) is 83.6 Å². The van der Waals surface area contributed by atoms with Crippen LogP contribution in [0.2, 0.25) is 0 Å². The van der Waals surface area contributed by atoms with Gasteiger partial charge in [0.15, 0.2) is 0 Å². The predicted molar refractivity (Wildman–Crippen MR) is 69.0 cm³/mol. The third kappa shape index (κ3) is 3.02. The van der Waals surface area contributed by atoms with Gasteiger partial charge in [-0.3, -0.25) is 4.79 Å². The lowest BCUT2D eigenvalue weighted by Gasteiger charge is -2.44. The average molecular weight is 256 g/mol. The molecule has 5 nitrogen and oxygen atoms in total. The van der Waals surface area contributed by atoms with Crippen LogP contribution in [0.4, 0.5) is 0 Å². The number of carbonyl (C=O) groups excluding carboxylic acids is 1. The third-order valence-corrected chi connectivity index (χ3v) is 3.81. The largest absolute Gasteiger partial charge is 0.480 e. The molecule has 1 heterocycles. The van der Waals surface area contributed by atoms with Crippen LogP contribution in [0.3, 0.4) is 0 Å². The minimum atomic E-state index is -0.909. The van der Waals surface area contributed by atoms with Gasteiger partial charge in [-0.05, 0) is 31.2 Å². The van der Waals surface area contributed by atoms with Crippen molar-refractivity contribution in [3.05, 3.63) is 0 Å². The van der Waals surface area contributed by atoms with Crippen LogP contribution in [-0.4, -0.2) is 41.0 Å². The number of piperidine rings is 1. The second kappa shape index (κ2) is 5.69. The number of amides is 1. The van der Waals surface area contributed by atoms with E-state index in [9.17, 15) is 14.7 Å². The molecular formula is C13H24N2O3. The van der Waals surface area contributed by atoms with E-state index in [4.69, 9.17) is 5.73 Å². The summed E-state index contributed by atoms with van der Waals surface area (Å²) < 4.78 is 0. The molecule has 2 unspecified atom stereocenters. The van der Waals surface area contributed by atoms with Gasteiger partial charge in [-0.15, -0.1) is 0 Å². The first-order chi connectivity index (χ1) is 8.31. The number of carbonyl (C=O) groups is 2. The number of rotatable bonds is 4. The summed E-state index contributed by atoms with van der Waals surface area (Å²) >= 11 is 0. The van der Waals surface area contributed by atoms with Gasteiger partial charge in [0.2, 0.25) is 5.91 Å². The molecule has 0 aromatic carbocycles. The summed E-state index contributed by atoms with van der Waals surface area (Å²) in [5, 5.41) is 9.39. The van der Waals surface area contributed by atoms with Gasteiger partial charge in [-0.1, -0.05) is 20.8 Å². The Morgan fingerprint density at radius 1 is 1.50 bits per heavy atom. The van der Waals surface area contributed by atoms with Crippen LogP contribution in [-0.2, 0) is 9.59 Å². The molecule has 0 radical (unpaired) electrons. The van der Waals surface area contributed by atoms with Crippen LogP contribution in [0.5, 0.6) is 0 Å². The molecular weight excluding hydrogens is 232 g/mol. The summed E-state index contributed by atoms with van der Waals surface area (Å²) in [6, 6.07) is -0.723. The predicted octanol–water partition coefficient (Wildman–Crippen LogP) is 1.07. The molecule has 1 aliphatic heterocycles. The fraction of sp³-hybridized carbons (Fsp3) is 0.846. The van der Waals surface area contributed by atoms with E-state index in [2.05, 4.69) is 0 Å². The van der Waals surface area contributed by atoms with Crippen molar-refractivity contribution in [3.8, 4) is 0 Å². The van der Waals surface area contributed by atoms with Crippen molar-refractivity contribution in [2.24, 2.45) is 17.1 Å². The Morgan fingerprint density at radius 2 is 2.11 bits per heavy atom. The summed E-state index contributed by atoms with van der Waals surface area (Å²) in [6.45, 7) is 6.63. The van der Waals surface area contributed by atoms with E-state index in [1.54, 1.807) is 0 Å². The van der Waals surface area contributed by atoms with E-state index in [-0.39, 0.29) is 17.2 Å². The van der Waals surface area contributed by atoms with Crippen LogP contribution in [0.25, 0.3) is 0 Å². The summed E-state index contributed by atoms with van der Waals surface area (Å²) in [5.41, 5.74) is 5.08. The maximum Gasteiger partial charge on any atom is 0.326 e. The molecule has 0 aromatic heterocycles. The number of nitrogens with two attached hydrogens (primary N) is 1. The fourth-order valence-electron chi connectivity index (χ4n) is 2.75. The minimum Gasteiger partial charge on any atom is -0.480 e. The van der Waals surface area contributed by atoms with Crippen LogP contribution in [0, 0.1) is 11.3 Å². The van der Waals surface area contributed by atoms with Crippen molar-refractivity contribution >= 4 is 11.9 Å². The number of hydrogen-bond donors (Lipinski definition) is 2. The molecule has 3 N–H and O–H groups in total. The van der Waals surface area contributed by atoms with Gasteiger partial charge in [0, 0.05) is 12.5 Å². The highest BCUT2D eigenvalue weighted by molar-refractivity contribution is 5.85. The summed E-state index contributed by atoms with van der Waals surface area (Å²) in [4.78, 5) is 25.3. The van der Waals surface area contributed by atoms with Gasteiger partial charge < -0.3 is 15.7 Å². The molecule has 1 fully saturated rings. The SMILES string of the molecule is CC(CCN)C(=O)N1CCCC(C)(C)C1C(=O)O. The smallest absolute Gasteiger partial charge is 0.326 e. The van der Waals surface area contributed by atoms with Crippen molar-refractivity contribution in [2.75, 3.05) is 13.1 Å². The number of carboxylic acids is 1. The highest BCUT2D eigenvalue weighted by Crippen LogP contribution is 2.36. The first kappa shape index (κ1) is 15.0. The number of nitrogens with zero attached hydrogens (tertiary/aromatic N) is 1. The molecule has 1 saturated heterocycles. The Kier molecular flexibility index (Phi) is 4.73. The van der Waals surface area contributed by atoms with E-state index >= 15 is 0 Å². The van der Waals surface area contributed by atoms with Gasteiger partial charge in [0.05, 0.1) is 0 Å². The summed E-state index contributed by atoms with van der Waals surface area (Å²) in [5.74, 6) is -1.20. The van der Waals surface area contributed by atoms with Gasteiger partial charge >= 0.3 is 5.97 Å². The van der Waals surface area contributed by atoms with Crippen molar-refractivity contribution < 1.29 is 14.7 Å². The maximum atomic E-state index is 12.3. The van der Waals surface area contributed by atoms with E-state index in [1.165, 1.54) is 4.90 Å². The zero-order valence-electron chi connectivity index (χ0n) is 11.5. The second-order valence-corrected chi connectivity index (χ2v) is 5.84. The summed E-state index contributed by atoms with van der Waals surface area (Å²) in [7, 11) is 0.